The Labute approximate surface area is 171 Å². The van der Waals surface area contributed by atoms with Crippen molar-refractivity contribution in [3.8, 4) is 5.75 Å². The first-order valence-corrected chi connectivity index (χ1v) is 10.7. The second-order valence-corrected chi connectivity index (χ2v) is 7.87. The molecule has 3 heteroatoms. The summed E-state index contributed by atoms with van der Waals surface area (Å²) < 4.78 is 11.4. The molecule has 0 fully saturated rings. The highest BCUT2D eigenvalue weighted by molar-refractivity contribution is 5.22. The molecule has 0 spiro atoms. The number of hydrogen-bond donors (Lipinski definition) is 1. The maximum atomic E-state index is 5.77. The molecule has 0 aromatic heterocycles. The van der Waals surface area contributed by atoms with E-state index in [-0.39, 0.29) is 6.23 Å². The molecule has 0 amide bonds. The first-order chi connectivity index (χ1) is 13.6. The van der Waals surface area contributed by atoms with Gasteiger partial charge in [-0.25, -0.2) is 0 Å². The van der Waals surface area contributed by atoms with Crippen LogP contribution in [0.25, 0.3) is 0 Å². The number of hydrogen-bond acceptors (Lipinski definition) is 3. The van der Waals surface area contributed by atoms with Crippen LogP contribution in [0.4, 0.5) is 0 Å². The molecule has 0 saturated carbocycles. The molecule has 1 atom stereocenters. The van der Waals surface area contributed by atoms with E-state index in [2.05, 4.69) is 43.4 Å². The summed E-state index contributed by atoms with van der Waals surface area (Å²) in [5.41, 5.74) is 2.73. The molecule has 28 heavy (non-hydrogen) atoms. The largest absolute Gasteiger partial charge is 0.491 e. The van der Waals surface area contributed by atoms with Crippen molar-refractivity contribution in [1.29, 1.82) is 0 Å². The SMILES string of the molecule is CC(C)CCCCCc1ccc(CNC(C)OCCOc2ccccc2)cc1. The van der Waals surface area contributed by atoms with Gasteiger partial charge in [-0.2, -0.15) is 0 Å². The van der Waals surface area contributed by atoms with Crippen LogP contribution in [0.2, 0.25) is 0 Å². The monoisotopic (exact) mass is 383 g/mol. The number of benzene rings is 2. The summed E-state index contributed by atoms with van der Waals surface area (Å²) in [6, 6.07) is 18.8. The van der Waals surface area contributed by atoms with Crippen molar-refractivity contribution in [1.82, 2.24) is 5.32 Å². The van der Waals surface area contributed by atoms with Crippen molar-refractivity contribution in [3.63, 3.8) is 0 Å². The van der Waals surface area contributed by atoms with Crippen molar-refractivity contribution < 1.29 is 9.47 Å². The molecule has 0 saturated heterocycles. The van der Waals surface area contributed by atoms with Crippen LogP contribution in [0.3, 0.4) is 0 Å². The molecule has 1 N–H and O–H groups in total. The molecule has 0 aliphatic carbocycles. The van der Waals surface area contributed by atoms with Crippen LogP contribution in [-0.4, -0.2) is 19.4 Å². The van der Waals surface area contributed by atoms with E-state index in [1.54, 1.807) is 0 Å². The number of rotatable bonds is 14. The molecular formula is C25H37NO2. The van der Waals surface area contributed by atoms with E-state index in [1.165, 1.54) is 43.2 Å². The highest BCUT2D eigenvalue weighted by atomic mass is 16.5. The number of para-hydroxylation sites is 1. The van der Waals surface area contributed by atoms with Crippen LogP contribution in [0, 0.1) is 5.92 Å². The Kier molecular flexibility index (Phi) is 10.7. The van der Waals surface area contributed by atoms with Gasteiger partial charge in [-0.05, 0) is 48.9 Å². The molecule has 0 heterocycles. The standard InChI is InChI=1S/C25H37NO2/c1-21(2)10-6-4-7-11-23-14-16-24(17-15-23)20-26-22(3)27-18-19-28-25-12-8-5-9-13-25/h5,8-9,12-17,21-22,26H,4,6-7,10-11,18-20H2,1-3H3. The van der Waals surface area contributed by atoms with Crippen LogP contribution in [-0.2, 0) is 17.7 Å². The van der Waals surface area contributed by atoms with Crippen LogP contribution < -0.4 is 10.1 Å². The van der Waals surface area contributed by atoms with Crippen LogP contribution >= 0.6 is 0 Å². The number of aryl methyl sites for hydroxylation is 1. The topological polar surface area (TPSA) is 30.5 Å². The Hall–Kier alpha value is -1.84. The lowest BCUT2D eigenvalue weighted by molar-refractivity contribution is 0.0238. The molecule has 3 nitrogen and oxygen atoms in total. The predicted octanol–water partition coefficient (Wildman–Crippen LogP) is 5.98. The maximum Gasteiger partial charge on any atom is 0.119 e. The van der Waals surface area contributed by atoms with Crippen molar-refractivity contribution in [2.75, 3.05) is 13.2 Å². The Bertz CT molecular complexity index is 625. The van der Waals surface area contributed by atoms with Gasteiger partial charge in [0.25, 0.3) is 0 Å². The zero-order valence-corrected chi connectivity index (χ0v) is 17.8. The summed E-state index contributed by atoms with van der Waals surface area (Å²) in [5.74, 6) is 1.71. The van der Waals surface area contributed by atoms with E-state index < -0.39 is 0 Å². The normalized spacial score (nSPS) is 12.3. The molecule has 154 valence electrons. The third kappa shape index (κ3) is 9.91. The Morgan fingerprint density at radius 3 is 2.21 bits per heavy atom. The van der Waals surface area contributed by atoms with Crippen molar-refractivity contribution in [2.45, 2.75) is 65.6 Å². The lowest BCUT2D eigenvalue weighted by Gasteiger charge is -2.15. The second-order valence-electron chi connectivity index (χ2n) is 7.87. The Morgan fingerprint density at radius 1 is 0.786 bits per heavy atom. The molecule has 0 aliphatic rings. The molecule has 2 aromatic rings. The van der Waals surface area contributed by atoms with E-state index >= 15 is 0 Å². The average molecular weight is 384 g/mol. The van der Waals surface area contributed by atoms with E-state index in [0.29, 0.717) is 13.2 Å². The van der Waals surface area contributed by atoms with Gasteiger partial charge in [0.15, 0.2) is 0 Å². The number of nitrogens with one attached hydrogen (secondary N) is 1. The summed E-state index contributed by atoms with van der Waals surface area (Å²) in [4.78, 5) is 0. The van der Waals surface area contributed by atoms with Crippen LogP contribution in [0.15, 0.2) is 54.6 Å². The summed E-state index contributed by atoms with van der Waals surface area (Å²) in [6.07, 6.45) is 6.52. The molecule has 0 aliphatic heterocycles. The lowest BCUT2D eigenvalue weighted by atomic mass is 10.0. The minimum absolute atomic E-state index is 0.00000662. The van der Waals surface area contributed by atoms with Crippen LogP contribution in [0.5, 0.6) is 5.75 Å². The minimum Gasteiger partial charge on any atom is -0.491 e. The molecule has 2 aromatic carbocycles. The second kappa shape index (κ2) is 13.4. The van der Waals surface area contributed by atoms with E-state index in [1.807, 2.05) is 37.3 Å². The number of unbranched alkanes of at least 4 members (excludes halogenated alkanes) is 2. The van der Waals surface area contributed by atoms with Gasteiger partial charge >= 0.3 is 0 Å². The van der Waals surface area contributed by atoms with Gasteiger partial charge in [0.2, 0.25) is 0 Å². The molecule has 0 radical (unpaired) electrons. The summed E-state index contributed by atoms with van der Waals surface area (Å²) in [5, 5.41) is 3.41. The zero-order chi connectivity index (χ0) is 20.0. The molecule has 1 unspecified atom stereocenters. The van der Waals surface area contributed by atoms with Gasteiger partial charge in [-0.15, -0.1) is 0 Å². The smallest absolute Gasteiger partial charge is 0.119 e. The van der Waals surface area contributed by atoms with E-state index in [4.69, 9.17) is 9.47 Å². The van der Waals surface area contributed by atoms with Crippen molar-refractivity contribution >= 4 is 0 Å². The summed E-state index contributed by atoms with van der Waals surface area (Å²) in [6.45, 7) is 8.58. The highest BCUT2D eigenvalue weighted by Crippen LogP contribution is 2.12. The van der Waals surface area contributed by atoms with Crippen molar-refractivity contribution in [2.24, 2.45) is 5.92 Å². The third-order valence-electron chi connectivity index (χ3n) is 4.83. The Morgan fingerprint density at radius 2 is 1.50 bits per heavy atom. The van der Waals surface area contributed by atoms with Crippen LogP contribution in [0.1, 0.15) is 57.6 Å². The predicted molar refractivity (Wildman–Crippen MR) is 118 cm³/mol. The minimum atomic E-state index is 0.00000662. The molecule has 2 rings (SSSR count). The third-order valence-corrected chi connectivity index (χ3v) is 4.83. The maximum absolute atomic E-state index is 5.77. The van der Waals surface area contributed by atoms with E-state index in [9.17, 15) is 0 Å². The molecular weight excluding hydrogens is 346 g/mol. The van der Waals surface area contributed by atoms with Gasteiger partial charge in [0.1, 0.15) is 18.6 Å². The lowest BCUT2D eigenvalue weighted by Crippen LogP contribution is -2.29. The highest BCUT2D eigenvalue weighted by Gasteiger charge is 2.03. The molecule has 0 bridgehead atoms. The van der Waals surface area contributed by atoms with Gasteiger partial charge in [-0.1, -0.05) is 75.6 Å². The fraction of sp³-hybridized carbons (Fsp3) is 0.520. The first-order valence-electron chi connectivity index (χ1n) is 10.7. The van der Waals surface area contributed by atoms with Gasteiger partial charge in [0.05, 0.1) is 6.61 Å². The van der Waals surface area contributed by atoms with Crippen molar-refractivity contribution in [3.05, 3.63) is 65.7 Å². The first kappa shape index (κ1) is 22.4. The van der Waals surface area contributed by atoms with Gasteiger partial charge < -0.3 is 9.47 Å². The van der Waals surface area contributed by atoms with Gasteiger partial charge in [0, 0.05) is 6.54 Å². The fourth-order valence-corrected chi connectivity index (χ4v) is 3.10. The number of ether oxygens (including phenoxy) is 2. The fourth-order valence-electron chi connectivity index (χ4n) is 3.10. The van der Waals surface area contributed by atoms with E-state index in [0.717, 1.165) is 18.2 Å². The quantitative estimate of drug-likeness (QED) is 0.322. The van der Waals surface area contributed by atoms with Gasteiger partial charge in [-0.3, -0.25) is 5.32 Å². The zero-order valence-electron chi connectivity index (χ0n) is 17.8. The average Bonchev–Trinajstić information content (AvgIpc) is 2.71. The Balaban J connectivity index is 1.55. The summed E-state index contributed by atoms with van der Waals surface area (Å²) >= 11 is 0. The summed E-state index contributed by atoms with van der Waals surface area (Å²) in [7, 11) is 0.